The molecule has 6 nitrogen and oxygen atoms in total. The van der Waals surface area contributed by atoms with Crippen LogP contribution in [0.4, 0.5) is 5.69 Å². The first-order valence-electron chi connectivity index (χ1n) is 9.61. The number of hydrogen-bond acceptors (Lipinski definition) is 3. The van der Waals surface area contributed by atoms with Crippen molar-refractivity contribution >= 4 is 17.6 Å². The Morgan fingerprint density at radius 3 is 2.88 bits per heavy atom. The quantitative estimate of drug-likeness (QED) is 0.540. The minimum atomic E-state index is 0.0174. The second-order valence-corrected chi connectivity index (χ2v) is 7.29. The van der Waals surface area contributed by atoms with E-state index in [9.17, 15) is 4.79 Å². The second-order valence-electron chi connectivity index (χ2n) is 7.29. The van der Waals surface area contributed by atoms with Crippen molar-refractivity contribution in [3.05, 3.63) is 29.8 Å². The van der Waals surface area contributed by atoms with E-state index in [0.717, 1.165) is 36.5 Å². The Balaban J connectivity index is 1.52. The molecule has 3 N–H and O–H groups in total. The summed E-state index contributed by atoms with van der Waals surface area (Å²) in [5.74, 6) is 0.871. The Hall–Kier alpha value is -2.08. The second kappa shape index (κ2) is 8.54. The molecule has 2 aliphatic heterocycles. The Bertz CT molecular complexity index is 661. The van der Waals surface area contributed by atoms with Crippen molar-refractivity contribution in [2.24, 2.45) is 10.9 Å². The number of guanidine groups is 1. The lowest BCUT2D eigenvalue weighted by molar-refractivity contribution is -0.119. The summed E-state index contributed by atoms with van der Waals surface area (Å²) >= 11 is 0. The standard InChI is InChI=1S/C20H30N4O2/c1-4-13(2)19(25)23-15-7-5-6-14(10-15)12-22-20(21-3)24-17-11-16-8-9-18(17)26-16/h5-7,10,13,16-18H,4,8-9,11-12H2,1-3H3,(H,23,25)(H2,21,22,24). The van der Waals surface area contributed by atoms with Crippen molar-refractivity contribution in [1.29, 1.82) is 0 Å². The van der Waals surface area contributed by atoms with Gasteiger partial charge in [-0.15, -0.1) is 0 Å². The van der Waals surface area contributed by atoms with Crippen molar-refractivity contribution in [1.82, 2.24) is 10.6 Å². The first-order valence-corrected chi connectivity index (χ1v) is 9.61. The maximum Gasteiger partial charge on any atom is 0.227 e. The molecule has 1 aromatic rings. The lowest BCUT2D eigenvalue weighted by Gasteiger charge is -2.22. The van der Waals surface area contributed by atoms with Gasteiger partial charge in [0, 0.05) is 25.2 Å². The normalized spacial score (nSPS) is 25.8. The molecule has 0 radical (unpaired) electrons. The highest BCUT2D eigenvalue weighted by Crippen LogP contribution is 2.34. The molecule has 3 rings (SSSR count). The van der Waals surface area contributed by atoms with Crippen LogP contribution in [-0.4, -0.2) is 37.2 Å². The molecule has 2 fully saturated rings. The SMILES string of the molecule is CCC(C)C(=O)Nc1cccc(CNC(=NC)NC2CC3CCC2O3)c1. The minimum absolute atomic E-state index is 0.0174. The van der Waals surface area contributed by atoms with Gasteiger partial charge in [0.15, 0.2) is 5.96 Å². The summed E-state index contributed by atoms with van der Waals surface area (Å²) in [6.07, 6.45) is 4.95. The van der Waals surface area contributed by atoms with E-state index in [0.29, 0.717) is 24.8 Å². The summed E-state index contributed by atoms with van der Waals surface area (Å²) in [6, 6.07) is 8.27. The highest BCUT2D eigenvalue weighted by atomic mass is 16.5. The Labute approximate surface area is 155 Å². The third-order valence-corrected chi connectivity index (χ3v) is 5.37. The van der Waals surface area contributed by atoms with Crippen LogP contribution in [0.1, 0.15) is 45.1 Å². The number of rotatable bonds is 6. The van der Waals surface area contributed by atoms with Gasteiger partial charge in [-0.3, -0.25) is 9.79 Å². The highest BCUT2D eigenvalue weighted by Gasteiger charge is 2.41. The van der Waals surface area contributed by atoms with Gasteiger partial charge in [-0.1, -0.05) is 26.0 Å². The largest absolute Gasteiger partial charge is 0.373 e. The average molecular weight is 358 g/mol. The van der Waals surface area contributed by atoms with Gasteiger partial charge in [-0.2, -0.15) is 0 Å². The van der Waals surface area contributed by atoms with E-state index in [4.69, 9.17) is 4.74 Å². The first kappa shape index (κ1) is 18.7. The Morgan fingerprint density at radius 1 is 1.38 bits per heavy atom. The zero-order chi connectivity index (χ0) is 18.5. The summed E-state index contributed by atoms with van der Waals surface area (Å²) in [5.41, 5.74) is 1.93. The van der Waals surface area contributed by atoms with E-state index in [1.807, 2.05) is 38.1 Å². The summed E-state index contributed by atoms with van der Waals surface area (Å²) in [6.45, 7) is 4.61. The molecule has 2 heterocycles. The van der Waals surface area contributed by atoms with Gasteiger partial charge in [-0.05, 0) is 43.4 Å². The molecule has 0 aromatic heterocycles. The third-order valence-electron chi connectivity index (χ3n) is 5.37. The molecule has 4 unspecified atom stereocenters. The molecule has 6 heteroatoms. The van der Waals surface area contributed by atoms with E-state index < -0.39 is 0 Å². The molecule has 0 spiro atoms. The van der Waals surface area contributed by atoms with Crippen LogP contribution in [0.15, 0.2) is 29.3 Å². The van der Waals surface area contributed by atoms with Crippen molar-refractivity contribution in [3.63, 3.8) is 0 Å². The summed E-state index contributed by atoms with van der Waals surface area (Å²) < 4.78 is 5.89. The molecular weight excluding hydrogens is 328 g/mol. The summed E-state index contributed by atoms with van der Waals surface area (Å²) in [7, 11) is 1.78. The molecule has 2 saturated heterocycles. The smallest absolute Gasteiger partial charge is 0.227 e. The molecule has 0 aliphatic carbocycles. The molecule has 0 saturated carbocycles. The van der Waals surface area contributed by atoms with Crippen LogP contribution in [0.2, 0.25) is 0 Å². The van der Waals surface area contributed by atoms with E-state index in [2.05, 4.69) is 20.9 Å². The number of aliphatic imine (C=N–C) groups is 1. The predicted octanol–water partition coefficient (Wildman–Crippen LogP) is 2.66. The fourth-order valence-corrected chi connectivity index (χ4v) is 3.56. The van der Waals surface area contributed by atoms with Crippen LogP contribution < -0.4 is 16.0 Å². The van der Waals surface area contributed by atoms with Gasteiger partial charge < -0.3 is 20.7 Å². The molecule has 1 amide bonds. The summed E-state index contributed by atoms with van der Waals surface area (Å²) in [4.78, 5) is 16.4. The number of nitrogens with one attached hydrogen (secondary N) is 3. The maximum absolute atomic E-state index is 12.1. The Morgan fingerprint density at radius 2 is 2.23 bits per heavy atom. The number of fused-ring (bicyclic) bond motifs is 2. The maximum atomic E-state index is 12.1. The van der Waals surface area contributed by atoms with Crippen LogP contribution in [0.5, 0.6) is 0 Å². The number of anilines is 1. The van der Waals surface area contributed by atoms with Crippen LogP contribution in [0.25, 0.3) is 0 Å². The van der Waals surface area contributed by atoms with Gasteiger partial charge in [0.2, 0.25) is 5.91 Å². The first-order chi connectivity index (χ1) is 12.6. The molecule has 26 heavy (non-hydrogen) atoms. The average Bonchev–Trinajstić information content (AvgIpc) is 3.27. The molecule has 2 bridgehead atoms. The van der Waals surface area contributed by atoms with Crippen molar-refractivity contribution in [3.8, 4) is 0 Å². The van der Waals surface area contributed by atoms with E-state index in [-0.39, 0.29) is 11.8 Å². The summed E-state index contributed by atoms with van der Waals surface area (Å²) in [5, 5.41) is 9.82. The monoisotopic (exact) mass is 358 g/mol. The number of amides is 1. The Kier molecular flexibility index (Phi) is 6.14. The number of hydrogen-bond donors (Lipinski definition) is 3. The van der Waals surface area contributed by atoms with Crippen molar-refractivity contribution in [2.75, 3.05) is 12.4 Å². The van der Waals surface area contributed by atoms with Crippen molar-refractivity contribution in [2.45, 2.75) is 64.3 Å². The number of carbonyl (C=O) groups excluding carboxylic acids is 1. The van der Waals surface area contributed by atoms with E-state index in [1.54, 1.807) is 7.05 Å². The molecule has 1 aromatic carbocycles. The fourth-order valence-electron chi connectivity index (χ4n) is 3.56. The zero-order valence-electron chi connectivity index (χ0n) is 15.9. The van der Waals surface area contributed by atoms with Gasteiger partial charge >= 0.3 is 0 Å². The molecule has 4 atom stereocenters. The van der Waals surface area contributed by atoms with Crippen molar-refractivity contribution < 1.29 is 9.53 Å². The fraction of sp³-hybridized carbons (Fsp3) is 0.600. The third kappa shape index (κ3) is 4.55. The van der Waals surface area contributed by atoms with Gasteiger partial charge in [0.1, 0.15) is 0 Å². The van der Waals surface area contributed by atoms with Gasteiger partial charge in [0.05, 0.1) is 18.2 Å². The van der Waals surface area contributed by atoms with Crippen LogP contribution in [0.3, 0.4) is 0 Å². The lowest BCUT2D eigenvalue weighted by Crippen LogP contribution is -2.47. The van der Waals surface area contributed by atoms with Gasteiger partial charge in [-0.25, -0.2) is 0 Å². The van der Waals surface area contributed by atoms with E-state index in [1.165, 1.54) is 6.42 Å². The lowest BCUT2D eigenvalue weighted by atomic mass is 9.96. The minimum Gasteiger partial charge on any atom is -0.373 e. The molecule has 2 aliphatic rings. The topological polar surface area (TPSA) is 74.8 Å². The number of ether oxygens (including phenoxy) is 1. The highest BCUT2D eigenvalue weighted by molar-refractivity contribution is 5.92. The van der Waals surface area contributed by atoms with E-state index >= 15 is 0 Å². The molecular formula is C20H30N4O2. The predicted molar refractivity (Wildman–Crippen MR) is 104 cm³/mol. The number of carbonyl (C=O) groups is 1. The zero-order valence-corrected chi connectivity index (χ0v) is 15.9. The van der Waals surface area contributed by atoms with Crippen LogP contribution in [0, 0.1) is 5.92 Å². The van der Waals surface area contributed by atoms with Gasteiger partial charge in [0.25, 0.3) is 0 Å². The number of benzene rings is 1. The molecule has 142 valence electrons. The van der Waals surface area contributed by atoms with Crippen LogP contribution >= 0.6 is 0 Å². The number of nitrogens with zero attached hydrogens (tertiary/aromatic N) is 1. The van der Waals surface area contributed by atoms with Crippen LogP contribution in [-0.2, 0) is 16.1 Å².